The fourth-order valence-electron chi connectivity index (χ4n) is 3.35. The monoisotopic (exact) mass is 357 g/mol. The number of aromatic nitrogens is 2. The van der Waals surface area contributed by atoms with E-state index in [1.807, 2.05) is 36.4 Å². The van der Waals surface area contributed by atoms with E-state index in [1.54, 1.807) is 24.4 Å². The van der Waals surface area contributed by atoms with Gasteiger partial charge in [0.05, 0.1) is 11.3 Å². The summed E-state index contributed by atoms with van der Waals surface area (Å²) in [7, 11) is 0. The first-order valence-electron chi connectivity index (χ1n) is 8.90. The van der Waals surface area contributed by atoms with E-state index in [2.05, 4.69) is 25.8 Å². The molecule has 0 unspecified atom stereocenters. The summed E-state index contributed by atoms with van der Waals surface area (Å²) in [6.45, 7) is 3.13. The molecule has 0 aliphatic carbocycles. The summed E-state index contributed by atoms with van der Waals surface area (Å²) in [5.74, 6) is 1.58. The van der Waals surface area contributed by atoms with Gasteiger partial charge < -0.3 is 14.8 Å². The Hall–Kier alpha value is -3.59. The molecule has 2 aromatic heterocycles. The molecule has 1 aromatic carbocycles. The Balaban J connectivity index is 1.52. The standard InChI is InChI=1S/C21H19N5O/c22-15-17-14-18(20(27)16-6-2-1-3-7-16)24-21(17)26-12-10-25(11-13-26)19-8-4-5-9-23-19/h1-9,14,24H,10-13H2. The molecule has 0 amide bonds. The molecule has 4 rings (SSSR count). The van der Waals surface area contributed by atoms with Gasteiger partial charge in [0.25, 0.3) is 0 Å². The number of aromatic amines is 1. The molecule has 0 atom stereocenters. The summed E-state index contributed by atoms with van der Waals surface area (Å²) in [6.07, 6.45) is 1.79. The van der Waals surface area contributed by atoms with Crippen molar-refractivity contribution in [3.63, 3.8) is 0 Å². The third-order valence-corrected chi connectivity index (χ3v) is 4.77. The van der Waals surface area contributed by atoms with Crippen molar-refractivity contribution < 1.29 is 4.79 Å². The first-order chi connectivity index (χ1) is 13.3. The van der Waals surface area contributed by atoms with Gasteiger partial charge in [-0.05, 0) is 18.2 Å². The van der Waals surface area contributed by atoms with E-state index in [1.165, 1.54) is 0 Å². The van der Waals surface area contributed by atoms with E-state index in [0.717, 1.165) is 37.8 Å². The van der Waals surface area contributed by atoms with Crippen LogP contribution in [0.25, 0.3) is 0 Å². The molecule has 1 N–H and O–H groups in total. The lowest BCUT2D eigenvalue weighted by atomic mass is 10.1. The van der Waals surface area contributed by atoms with E-state index in [4.69, 9.17) is 0 Å². The van der Waals surface area contributed by atoms with Crippen molar-refractivity contribution in [1.82, 2.24) is 9.97 Å². The first kappa shape index (κ1) is 16.9. The number of nitrogens with one attached hydrogen (secondary N) is 1. The quantitative estimate of drug-likeness (QED) is 0.727. The molecule has 0 saturated carbocycles. The predicted molar refractivity (Wildman–Crippen MR) is 104 cm³/mol. The van der Waals surface area contributed by atoms with Crippen molar-refractivity contribution in [3.8, 4) is 6.07 Å². The fourth-order valence-corrected chi connectivity index (χ4v) is 3.35. The van der Waals surface area contributed by atoms with Gasteiger partial charge in [-0.3, -0.25) is 4.79 Å². The Kier molecular flexibility index (Phi) is 4.58. The number of rotatable bonds is 4. The van der Waals surface area contributed by atoms with Crippen molar-refractivity contribution >= 4 is 17.4 Å². The van der Waals surface area contributed by atoms with Crippen LogP contribution in [0.3, 0.4) is 0 Å². The van der Waals surface area contributed by atoms with Crippen LogP contribution in [0.5, 0.6) is 0 Å². The number of benzene rings is 1. The summed E-state index contributed by atoms with van der Waals surface area (Å²) < 4.78 is 0. The van der Waals surface area contributed by atoms with Crippen molar-refractivity contribution in [2.24, 2.45) is 0 Å². The number of piperazine rings is 1. The molecular weight excluding hydrogens is 338 g/mol. The number of nitrogens with zero attached hydrogens (tertiary/aromatic N) is 4. The minimum Gasteiger partial charge on any atom is -0.354 e. The van der Waals surface area contributed by atoms with Crippen LogP contribution in [-0.2, 0) is 0 Å². The van der Waals surface area contributed by atoms with Crippen LogP contribution in [-0.4, -0.2) is 41.9 Å². The molecule has 27 heavy (non-hydrogen) atoms. The summed E-state index contributed by atoms with van der Waals surface area (Å²) in [4.78, 5) is 24.6. The largest absolute Gasteiger partial charge is 0.354 e. The highest BCUT2D eigenvalue weighted by Crippen LogP contribution is 2.24. The first-order valence-corrected chi connectivity index (χ1v) is 8.90. The molecule has 6 heteroatoms. The minimum atomic E-state index is -0.106. The second kappa shape index (κ2) is 7.34. The molecule has 0 spiro atoms. The van der Waals surface area contributed by atoms with E-state index < -0.39 is 0 Å². The van der Waals surface area contributed by atoms with E-state index in [-0.39, 0.29) is 5.78 Å². The maximum Gasteiger partial charge on any atom is 0.209 e. The van der Waals surface area contributed by atoms with E-state index in [0.29, 0.717) is 16.8 Å². The maximum atomic E-state index is 12.7. The maximum absolute atomic E-state index is 12.7. The molecule has 3 aromatic rings. The Labute approximate surface area is 157 Å². The number of pyridine rings is 1. The highest BCUT2D eigenvalue weighted by molar-refractivity contribution is 6.08. The molecule has 1 aliphatic rings. The summed E-state index contributed by atoms with van der Waals surface area (Å²) >= 11 is 0. The lowest BCUT2D eigenvalue weighted by Crippen LogP contribution is -2.47. The van der Waals surface area contributed by atoms with Crippen molar-refractivity contribution in [2.75, 3.05) is 36.0 Å². The molecule has 0 bridgehead atoms. The Morgan fingerprint density at radius 1 is 1.00 bits per heavy atom. The van der Waals surface area contributed by atoms with E-state index >= 15 is 0 Å². The Bertz CT molecular complexity index is 967. The minimum absolute atomic E-state index is 0.106. The van der Waals surface area contributed by atoms with Crippen LogP contribution < -0.4 is 9.80 Å². The highest BCUT2D eigenvalue weighted by Gasteiger charge is 2.23. The van der Waals surface area contributed by atoms with Gasteiger partial charge in [-0.2, -0.15) is 5.26 Å². The van der Waals surface area contributed by atoms with Gasteiger partial charge >= 0.3 is 0 Å². The van der Waals surface area contributed by atoms with Crippen molar-refractivity contribution in [3.05, 3.63) is 77.6 Å². The lowest BCUT2D eigenvalue weighted by molar-refractivity contribution is 0.103. The van der Waals surface area contributed by atoms with Gasteiger partial charge in [-0.15, -0.1) is 0 Å². The normalized spacial score (nSPS) is 14.0. The van der Waals surface area contributed by atoms with Gasteiger partial charge in [0.15, 0.2) is 0 Å². The molecule has 1 aliphatic heterocycles. The lowest BCUT2D eigenvalue weighted by Gasteiger charge is -2.36. The number of hydrogen-bond donors (Lipinski definition) is 1. The average molecular weight is 357 g/mol. The molecule has 0 radical (unpaired) electrons. The molecule has 6 nitrogen and oxygen atoms in total. The highest BCUT2D eigenvalue weighted by atomic mass is 16.1. The van der Waals surface area contributed by atoms with Gasteiger partial charge in [-0.1, -0.05) is 36.4 Å². The van der Waals surface area contributed by atoms with Crippen molar-refractivity contribution in [1.29, 1.82) is 5.26 Å². The zero-order valence-electron chi connectivity index (χ0n) is 14.8. The average Bonchev–Trinajstić information content (AvgIpc) is 3.19. The summed E-state index contributed by atoms with van der Waals surface area (Å²) in [6, 6.07) is 18.8. The SMILES string of the molecule is N#Cc1cc(C(=O)c2ccccc2)[nH]c1N1CCN(c2ccccn2)CC1. The van der Waals surface area contributed by atoms with Crippen LogP contribution in [0.2, 0.25) is 0 Å². The van der Waals surface area contributed by atoms with Crippen molar-refractivity contribution in [2.45, 2.75) is 0 Å². The number of carbonyl (C=O) groups is 1. The van der Waals surface area contributed by atoms with E-state index in [9.17, 15) is 10.1 Å². The third kappa shape index (κ3) is 3.40. The van der Waals surface area contributed by atoms with Crippen LogP contribution >= 0.6 is 0 Å². The molecule has 3 heterocycles. The van der Waals surface area contributed by atoms with Gasteiger partial charge in [0.1, 0.15) is 17.7 Å². The zero-order chi connectivity index (χ0) is 18.6. The topological polar surface area (TPSA) is 76.0 Å². The predicted octanol–water partition coefficient (Wildman–Crippen LogP) is 2.84. The Morgan fingerprint density at radius 2 is 1.70 bits per heavy atom. The second-order valence-electron chi connectivity index (χ2n) is 6.41. The van der Waals surface area contributed by atoms with Crippen LogP contribution in [0.4, 0.5) is 11.6 Å². The smallest absolute Gasteiger partial charge is 0.209 e. The van der Waals surface area contributed by atoms with Crippen LogP contribution in [0.15, 0.2) is 60.8 Å². The van der Waals surface area contributed by atoms with Crippen LogP contribution in [0, 0.1) is 11.3 Å². The Morgan fingerprint density at radius 3 is 2.37 bits per heavy atom. The number of anilines is 2. The zero-order valence-corrected chi connectivity index (χ0v) is 14.8. The molecule has 1 fully saturated rings. The van der Waals surface area contributed by atoms with Gasteiger partial charge in [-0.25, -0.2) is 4.98 Å². The number of ketones is 1. The van der Waals surface area contributed by atoms with Gasteiger partial charge in [0, 0.05) is 37.9 Å². The summed E-state index contributed by atoms with van der Waals surface area (Å²) in [5.41, 5.74) is 1.55. The molecular formula is C21H19N5O. The number of carbonyl (C=O) groups excluding carboxylic acids is 1. The molecule has 134 valence electrons. The fraction of sp³-hybridized carbons (Fsp3) is 0.190. The third-order valence-electron chi connectivity index (χ3n) is 4.77. The number of hydrogen-bond acceptors (Lipinski definition) is 5. The second-order valence-corrected chi connectivity index (χ2v) is 6.41. The summed E-state index contributed by atoms with van der Waals surface area (Å²) in [5, 5.41) is 9.52. The number of nitriles is 1. The van der Waals surface area contributed by atoms with Crippen LogP contribution in [0.1, 0.15) is 21.6 Å². The molecule has 1 saturated heterocycles. The number of H-pyrrole nitrogens is 1. The van der Waals surface area contributed by atoms with Gasteiger partial charge in [0.2, 0.25) is 5.78 Å².